The smallest absolute Gasteiger partial charge is 0.345 e. The number of rotatable bonds is 7. The van der Waals surface area contributed by atoms with E-state index >= 15 is 0 Å². The summed E-state index contributed by atoms with van der Waals surface area (Å²) < 4.78 is 60.8. The summed E-state index contributed by atoms with van der Waals surface area (Å²) in [6.07, 6.45) is 0. The number of benzene rings is 2. The van der Waals surface area contributed by atoms with Crippen molar-refractivity contribution in [3.63, 3.8) is 0 Å². The largest absolute Gasteiger partial charge is 0.497 e. The summed E-state index contributed by atoms with van der Waals surface area (Å²) in [6, 6.07) is 9.10. The Hall–Kier alpha value is -3.05. The van der Waals surface area contributed by atoms with Gasteiger partial charge in [-0.2, -0.15) is 0 Å². The molecule has 0 saturated heterocycles. The molecule has 0 aliphatic carbocycles. The zero-order valence-corrected chi connectivity index (χ0v) is 16.4. The topological polar surface area (TPSA) is 95.2 Å². The Bertz CT molecular complexity index is 1190. The Labute approximate surface area is 165 Å². The summed E-state index contributed by atoms with van der Waals surface area (Å²) in [5, 5.41) is 4.22. The summed E-state index contributed by atoms with van der Waals surface area (Å²) in [5.74, 6) is -1.03. The fraction of sp³-hybridized carbons (Fsp3) is 0.222. The van der Waals surface area contributed by atoms with Crippen molar-refractivity contribution in [3.05, 3.63) is 64.6 Å². The molecule has 2 aromatic carbocycles. The number of methoxy groups -OCH3 is 1. The van der Waals surface area contributed by atoms with E-state index in [2.05, 4.69) is 9.82 Å². The highest BCUT2D eigenvalue weighted by molar-refractivity contribution is 7.89. The highest BCUT2D eigenvalue weighted by Crippen LogP contribution is 2.19. The number of hydrogen-bond acceptors (Lipinski definition) is 5. The van der Waals surface area contributed by atoms with Crippen LogP contribution in [0.4, 0.5) is 8.78 Å². The quantitative estimate of drug-likeness (QED) is 0.621. The lowest BCUT2D eigenvalue weighted by Crippen LogP contribution is -2.32. The third-order valence-electron chi connectivity index (χ3n) is 4.19. The van der Waals surface area contributed by atoms with Crippen molar-refractivity contribution in [1.82, 2.24) is 19.1 Å². The number of nitrogens with one attached hydrogen (secondary N) is 1. The molecule has 0 spiro atoms. The van der Waals surface area contributed by atoms with Crippen LogP contribution in [0, 0.1) is 11.6 Å². The molecule has 11 heteroatoms. The molecule has 0 aliphatic rings. The Morgan fingerprint density at radius 2 is 1.83 bits per heavy atom. The van der Waals surface area contributed by atoms with Crippen molar-refractivity contribution in [2.24, 2.45) is 7.05 Å². The molecule has 0 radical (unpaired) electrons. The van der Waals surface area contributed by atoms with E-state index in [1.807, 2.05) is 0 Å². The lowest BCUT2D eigenvalue weighted by Gasteiger charge is -2.07. The molecule has 0 saturated carbocycles. The van der Waals surface area contributed by atoms with Gasteiger partial charge in [-0.15, -0.1) is 5.10 Å². The van der Waals surface area contributed by atoms with E-state index < -0.39 is 32.2 Å². The normalized spacial score (nSPS) is 11.6. The van der Waals surface area contributed by atoms with Crippen LogP contribution in [0.15, 0.2) is 52.2 Å². The molecule has 3 rings (SSSR count). The van der Waals surface area contributed by atoms with Crippen LogP contribution in [0.3, 0.4) is 0 Å². The first kappa shape index (κ1) is 20.7. The van der Waals surface area contributed by atoms with Gasteiger partial charge < -0.3 is 4.74 Å². The van der Waals surface area contributed by atoms with Gasteiger partial charge in [0.15, 0.2) is 5.82 Å². The molecule has 0 amide bonds. The number of ether oxygens (including phenoxy) is 1. The molecule has 1 N–H and O–H groups in total. The Kier molecular flexibility index (Phi) is 5.80. The van der Waals surface area contributed by atoms with Crippen LogP contribution in [-0.4, -0.2) is 36.4 Å². The third-order valence-corrected chi connectivity index (χ3v) is 5.68. The van der Waals surface area contributed by atoms with E-state index in [0.29, 0.717) is 23.2 Å². The molecular weight excluding hydrogens is 406 g/mol. The average molecular weight is 424 g/mol. The second-order valence-electron chi connectivity index (χ2n) is 6.09. The predicted molar refractivity (Wildman–Crippen MR) is 101 cm³/mol. The van der Waals surface area contributed by atoms with Gasteiger partial charge in [-0.05, 0) is 36.4 Å². The van der Waals surface area contributed by atoms with Gasteiger partial charge in [-0.25, -0.2) is 31.4 Å². The Morgan fingerprint density at radius 3 is 2.45 bits per heavy atom. The van der Waals surface area contributed by atoms with Crippen LogP contribution in [0.25, 0.3) is 11.4 Å². The zero-order chi connectivity index (χ0) is 21.2. The van der Waals surface area contributed by atoms with Gasteiger partial charge in [0.05, 0.1) is 13.7 Å². The fourth-order valence-corrected chi connectivity index (χ4v) is 3.76. The SMILES string of the molecule is COc1ccc(-c2nn(CCNS(=O)(=O)c3ccc(F)cc3F)c(=O)n2C)cc1. The summed E-state index contributed by atoms with van der Waals surface area (Å²) in [5.41, 5.74) is 0.237. The van der Waals surface area contributed by atoms with Crippen LogP contribution in [0.2, 0.25) is 0 Å². The lowest BCUT2D eigenvalue weighted by molar-refractivity contribution is 0.415. The monoisotopic (exact) mass is 424 g/mol. The van der Waals surface area contributed by atoms with E-state index in [-0.39, 0.29) is 13.1 Å². The summed E-state index contributed by atoms with van der Waals surface area (Å²) in [4.78, 5) is 11.7. The maximum absolute atomic E-state index is 13.7. The van der Waals surface area contributed by atoms with Crippen molar-refractivity contribution in [1.29, 1.82) is 0 Å². The number of sulfonamides is 1. The van der Waals surface area contributed by atoms with Crippen LogP contribution < -0.4 is 15.1 Å². The highest BCUT2D eigenvalue weighted by Gasteiger charge is 2.20. The maximum Gasteiger partial charge on any atom is 0.345 e. The van der Waals surface area contributed by atoms with Crippen LogP contribution in [-0.2, 0) is 23.6 Å². The minimum absolute atomic E-state index is 0.0785. The standard InChI is InChI=1S/C18H18F2N4O4S/c1-23-17(12-3-6-14(28-2)7-4-12)22-24(18(23)25)10-9-21-29(26,27)16-8-5-13(19)11-15(16)20/h3-8,11,21H,9-10H2,1-2H3. The average Bonchev–Trinajstić information content (AvgIpc) is 2.96. The molecule has 1 heterocycles. The molecule has 3 aromatic rings. The van der Waals surface area contributed by atoms with Gasteiger partial charge in [0, 0.05) is 25.2 Å². The van der Waals surface area contributed by atoms with Gasteiger partial charge in [-0.3, -0.25) is 4.57 Å². The molecule has 0 bridgehead atoms. The van der Waals surface area contributed by atoms with Gasteiger partial charge in [0.2, 0.25) is 10.0 Å². The maximum atomic E-state index is 13.7. The van der Waals surface area contributed by atoms with Crippen molar-refractivity contribution in [2.45, 2.75) is 11.4 Å². The van der Waals surface area contributed by atoms with E-state index in [4.69, 9.17) is 4.74 Å². The second-order valence-corrected chi connectivity index (χ2v) is 7.82. The number of hydrogen-bond donors (Lipinski definition) is 1. The van der Waals surface area contributed by atoms with E-state index in [0.717, 1.165) is 16.8 Å². The summed E-state index contributed by atoms with van der Waals surface area (Å²) in [6.45, 7) is -0.289. The van der Waals surface area contributed by atoms with E-state index in [1.54, 1.807) is 38.4 Å². The third kappa shape index (κ3) is 4.35. The van der Waals surface area contributed by atoms with Crippen molar-refractivity contribution in [2.75, 3.05) is 13.7 Å². The minimum atomic E-state index is -4.21. The molecule has 29 heavy (non-hydrogen) atoms. The summed E-state index contributed by atoms with van der Waals surface area (Å²) in [7, 11) is -1.12. The first-order valence-electron chi connectivity index (χ1n) is 8.46. The second kappa shape index (κ2) is 8.13. The summed E-state index contributed by atoms with van der Waals surface area (Å²) >= 11 is 0. The van der Waals surface area contributed by atoms with Crippen LogP contribution in [0.5, 0.6) is 5.75 Å². The van der Waals surface area contributed by atoms with Crippen LogP contribution >= 0.6 is 0 Å². The molecule has 154 valence electrons. The van der Waals surface area contributed by atoms with Gasteiger partial charge in [0.1, 0.15) is 22.3 Å². The fourth-order valence-electron chi connectivity index (χ4n) is 2.68. The van der Waals surface area contributed by atoms with Crippen LogP contribution in [0.1, 0.15) is 0 Å². The molecule has 1 aromatic heterocycles. The Morgan fingerprint density at radius 1 is 1.14 bits per heavy atom. The lowest BCUT2D eigenvalue weighted by atomic mass is 10.2. The molecule has 8 nitrogen and oxygen atoms in total. The van der Waals surface area contributed by atoms with E-state index in [9.17, 15) is 22.0 Å². The zero-order valence-electron chi connectivity index (χ0n) is 15.6. The minimum Gasteiger partial charge on any atom is -0.497 e. The van der Waals surface area contributed by atoms with Gasteiger partial charge >= 0.3 is 5.69 Å². The predicted octanol–water partition coefficient (Wildman–Crippen LogP) is 1.51. The highest BCUT2D eigenvalue weighted by atomic mass is 32.2. The van der Waals surface area contributed by atoms with Crippen molar-refractivity contribution < 1.29 is 21.9 Å². The molecule has 0 fully saturated rings. The number of halogens is 2. The molecule has 0 aliphatic heterocycles. The number of nitrogens with zero attached hydrogens (tertiary/aromatic N) is 3. The molecular formula is C18H18F2N4O4S. The molecule has 0 atom stereocenters. The van der Waals surface area contributed by atoms with E-state index in [1.165, 1.54) is 4.57 Å². The number of aromatic nitrogens is 3. The Balaban J connectivity index is 1.75. The molecule has 0 unspecified atom stereocenters. The first-order valence-corrected chi connectivity index (χ1v) is 9.94. The van der Waals surface area contributed by atoms with Crippen molar-refractivity contribution in [3.8, 4) is 17.1 Å². The van der Waals surface area contributed by atoms with Gasteiger partial charge in [0.25, 0.3) is 0 Å². The first-order chi connectivity index (χ1) is 13.7. The van der Waals surface area contributed by atoms with Crippen molar-refractivity contribution >= 4 is 10.0 Å². The van der Waals surface area contributed by atoms with Gasteiger partial charge in [-0.1, -0.05) is 0 Å².